The Balaban J connectivity index is 1.34. The molecule has 2 aromatic carbocycles. The number of benzene rings is 2. The molecule has 4 rings (SSSR count). The van der Waals surface area contributed by atoms with Crippen molar-refractivity contribution in [2.45, 2.75) is 13.0 Å². The zero-order valence-electron chi connectivity index (χ0n) is 15.8. The Morgan fingerprint density at radius 1 is 1.14 bits per heavy atom. The second-order valence-corrected chi connectivity index (χ2v) is 7.30. The first-order valence-electron chi connectivity index (χ1n) is 9.42. The molecule has 3 aromatic rings. The molecule has 1 aliphatic heterocycles. The smallest absolute Gasteiger partial charge is 0.224 e. The number of fused-ring (bicyclic) bond motifs is 1. The van der Waals surface area contributed by atoms with Gasteiger partial charge in [0.05, 0.1) is 31.1 Å². The number of aromatic nitrogens is 2. The van der Waals surface area contributed by atoms with Crippen LogP contribution in [0.1, 0.15) is 6.42 Å². The highest BCUT2D eigenvalue weighted by Gasteiger charge is 2.22. The Hall–Kier alpha value is -2.73. The van der Waals surface area contributed by atoms with Gasteiger partial charge in [0, 0.05) is 43.0 Å². The summed E-state index contributed by atoms with van der Waals surface area (Å²) in [5.41, 5.74) is 2.08. The van der Waals surface area contributed by atoms with Gasteiger partial charge in [-0.3, -0.25) is 9.48 Å². The predicted octanol–water partition coefficient (Wildman–Crippen LogP) is 3.44. The Labute approximate surface area is 169 Å². The number of rotatable bonds is 5. The van der Waals surface area contributed by atoms with Gasteiger partial charge in [0.1, 0.15) is 5.75 Å². The number of aryl methyl sites for hydroxylation is 1. The number of piperazine rings is 1. The highest BCUT2D eigenvalue weighted by molar-refractivity contribution is 6.31. The van der Waals surface area contributed by atoms with Crippen molar-refractivity contribution in [3.63, 3.8) is 0 Å². The van der Waals surface area contributed by atoms with Crippen LogP contribution >= 0.6 is 11.6 Å². The normalized spacial score (nSPS) is 14.5. The summed E-state index contributed by atoms with van der Waals surface area (Å²) in [4.78, 5) is 16.9. The van der Waals surface area contributed by atoms with E-state index in [0.717, 1.165) is 35.4 Å². The summed E-state index contributed by atoms with van der Waals surface area (Å²) in [6.45, 7) is 3.60. The average molecular weight is 399 g/mol. The lowest BCUT2D eigenvalue weighted by Crippen LogP contribution is -2.49. The molecule has 1 saturated heterocycles. The number of anilines is 1. The van der Waals surface area contributed by atoms with Gasteiger partial charge in [-0.2, -0.15) is 5.10 Å². The van der Waals surface area contributed by atoms with Crippen molar-refractivity contribution in [2.75, 3.05) is 38.2 Å². The summed E-state index contributed by atoms with van der Waals surface area (Å²) < 4.78 is 7.32. The van der Waals surface area contributed by atoms with Crippen molar-refractivity contribution in [3.05, 3.63) is 53.7 Å². The van der Waals surface area contributed by atoms with Gasteiger partial charge in [-0.1, -0.05) is 23.7 Å². The fourth-order valence-corrected chi connectivity index (χ4v) is 3.86. The minimum Gasteiger partial charge on any atom is -0.495 e. The minimum absolute atomic E-state index is 0.164. The number of hydrogen-bond acceptors (Lipinski definition) is 4. The van der Waals surface area contributed by atoms with E-state index in [9.17, 15) is 4.79 Å². The number of nitrogens with zero attached hydrogens (tertiary/aromatic N) is 4. The van der Waals surface area contributed by atoms with Crippen LogP contribution in [0.5, 0.6) is 5.75 Å². The van der Waals surface area contributed by atoms with E-state index in [-0.39, 0.29) is 5.91 Å². The van der Waals surface area contributed by atoms with Gasteiger partial charge in [0.25, 0.3) is 0 Å². The van der Waals surface area contributed by atoms with Crippen LogP contribution in [0.25, 0.3) is 10.9 Å². The number of hydrogen-bond donors (Lipinski definition) is 0. The Morgan fingerprint density at radius 3 is 2.71 bits per heavy atom. The molecule has 2 heterocycles. The van der Waals surface area contributed by atoms with Gasteiger partial charge in [-0.05, 0) is 30.3 Å². The third-order valence-corrected chi connectivity index (χ3v) is 5.43. The lowest BCUT2D eigenvalue weighted by atomic mass is 10.2. The summed E-state index contributed by atoms with van der Waals surface area (Å²) in [6.07, 6.45) is 2.23. The minimum atomic E-state index is 0.164. The van der Waals surface area contributed by atoms with Crippen LogP contribution in [-0.2, 0) is 11.3 Å². The molecule has 0 aliphatic carbocycles. The topological polar surface area (TPSA) is 50.6 Å². The van der Waals surface area contributed by atoms with Crippen molar-refractivity contribution < 1.29 is 9.53 Å². The maximum Gasteiger partial charge on any atom is 0.224 e. The van der Waals surface area contributed by atoms with E-state index in [4.69, 9.17) is 16.3 Å². The van der Waals surface area contributed by atoms with Crippen LogP contribution in [0, 0.1) is 0 Å². The molecule has 7 heteroatoms. The molecular weight excluding hydrogens is 376 g/mol. The molecule has 0 spiro atoms. The molecule has 1 aromatic heterocycles. The average Bonchev–Trinajstić information content (AvgIpc) is 3.14. The van der Waals surface area contributed by atoms with E-state index in [1.54, 1.807) is 13.3 Å². The number of halogens is 1. The van der Waals surface area contributed by atoms with Gasteiger partial charge in [-0.25, -0.2) is 0 Å². The van der Waals surface area contributed by atoms with Crippen molar-refractivity contribution >= 4 is 34.1 Å². The van der Waals surface area contributed by atoms with E-state index < -0.39 is 0 Å². The summed E-state index contributed by atoms with van der Waals surface area (Å²) in [7, 11) is 1.69. The van der Waals surface area contributed by atoms with Gasteiger partial charge >= 0.3 is 0 Å². The molecule has 0 N–H and O–H groups in total. The highest BCUT2D eigenvalue weighted by Crippen LogP contribution is 2.28. The fraction of sp³-hybridized carbons (Fsp3) is 0.333. The van der Waals surface area contributed by atoms with E-state index in [2.05, 4.69) is 16.1 Å². The SMILES string of the molecule is COc1ccccc1N1CCN(C(=O)CCn2ncc3cc(Cl)ccc32)CC1. The van der Waals surface area contributed by atoms with Gasteiger partial charge < -0.3 is 14.5 Å². The lowest BCUT2D eigenvalue weighted by molar-refractivity contribution is -0.131. The van der Waals surface area contributed by atoms with Crippen LogP contribution in [-0.4, -0.2) is 53.9 Å². The third kappa shape index (κ3) is 3.78. The Bertz CT molecular complexity index is 979. The quantitative estimate of drug-likeness (QED) is 0.660. The molecule has 0 bridgehead atoms. The van der Waals surface area contributed by atoms with Crippen LogP contribution in [0.4, 0.5) is 5.69 Å². The Kier molecular flexibility index (Phi) is 5.39. The molecule has 146 valence electrons. The first-order chi connectivity index (χ1) is 13.7. The van der Waals surface area contributed by atoms with E-state index >= 15 is 0 Å². The first kappa shape index (κ1) is 18.6. The van der Waals surface area contributed by atoms with Gasteiger partial charge in [0.2, 0.25) is 5.91 Å². The number of para-hydroxylation sites is 2. The molecule has 6 nitrogen and oxygen atoms in total. The van der Waals surface area contributed by atoms with Crippen molar-refractivity contribution in [1.29, 1.82) is 0 Å². The third-order valence-electron chi connectivity index (χ3n) is 5.20. The second-order valence-electron chi connectivity index (χ2n) is 6.86. The molecular formula is C21H23ClN4O2. The van der Waals surface area contributed by atoms with Crippen LogP contribution < -0.4 is 9.64 Å². The van der Waals surface area contributed by atoms with Crippen molar-refractivity contribution in [2.24, 2.45) is 0 Å². The maximum atomic E-state index is 12.7. The molecule has 28 heavy (non-hydrogen) atoms. The molecule has 1 amide bonds. The fourth-order valence-electron chi connectivity index (χ4n) is 3.68. The number of amides is 1. The zero-order valence-corrected chi connectivity index (χ0v) is 16.6. The summed E-state index contributed by atoms with van der Waals surface area (Å²) >= 11 is 6.02. The van der Waals surface area contributed by atoms with Crippen LogP contribution in [0.3, 0.4) is 0 Å². The number of methoxy groups -OCH3 is 1. The number of carbonyl (C=O) groups excluding carboxylic acids is 1. The monoisotopic (exact) mass is 398 g/mol. The summed E-state index contributed by atoms with van der Waals surface area (Å²) in [5, 5.41) is 6.07. The van der Waals surface area contributed by atoms with E-state index in [1.807, 2.05) is 46.0 Å². The predicted molar refractivity (Wildman–Crippen MR) is 111 cm³/mol. The number of ether oxygens (including phenoxy) is 1. The highest BCUT2D eigenvalue weighted by atomic mass is 35.5. The van der Waals surface area contributed by atoms with Crippen molar-refractivity contribution in [3.8, 4) is 5.75 Å². The summed E-state index contributed by atoms with van der Waals surface area (Å²) in [5.74, 6) is 1.03. The zero-order chi connectivity index (χ0) is 19.5. The molecule has 0 radical (unpaired) electrons. The lowest BCUT2D eigenvalue weighted by Gasteiger charge is -2.36. The van der Waals surface area contributed by atoms with Crippen LogP contribution in [0.15, 0.2) is 48.7 Å². The molecule has 1 aliphatic rings. The van der Waals surface area contributed by atoms with E-state index in [0.29, 0.717) is 31.1 Å². The molecule has 0 atom stereocenters. The second kappa shape index (κ2) is 8.10. The standard InChI is InChI=1S/C21H23ClN4O2/c1-28-20-5-3-2-4-19(20)24-10-12-25(13-11-24)21(27)8-9-26-18-7-6-17(22)14-16(18)15-23-26/h2-7,14-15H,8-13H2,1H3. The molecule has 1 fully saturated rings. The summed E-state index contributed by atoms with van der Waals surface area (Å²) in [6, 6.07) is 13.7. The number of carbonyl (C=O) groups is 1. The molecule has 0 saturated carbocycles. The van der Waals surface area contributed by atoms with Crippen LogP contribution in [0.2, 0.25) is 5.02 Å². The van der Waals surface area contributed by atoms with Crippen molar-refractivity contribution in [1.82, 2.24) is 14.7 Å². The largest absolute Gasteiger partial charge is 0.495 e. The maximum absolute atomic E-state index is 12.7. The molecule has 0 unspecified atom stereocenters. The first-order valence-corrected chi connectivity index (χ1v) is 9.80. The van der Waals surface area contributed by atoms with Gasteiger partial charge in [-0.15, -0.1) is 0 Å². The van der Waals surface area contributed by atoms with Gasteiger partial charge in [0.15, 0.2) is 0 Å². The Morgan fingerprint density at radius 2 is 1.93 bits per heavy atom. The van der Waals surface area contributed by atoms with E-state index in [1.165, 1.54) is 0 Å².